The van der Waals surface area contributed by atoms with Gasteiger partial charge in [-0.15, -0.1) is 0 Å². The van der Waals surface area contributed by atoms with Gasteiger partial charge < -0.3 is 5.32 Å². The van der Waals surface area contributed by atoms with Crippen molar-refractivity contribution in [2.24, 2.45) is 0 Å². The van der Waals surface area contributed by atoms with Crippen LogP contribution >= 0.6 is 11.8 Å². The number of fused-ring (bicyclic) bond motifs is 1. The van der Waals surface area contributed by atoms with Gasteiger partial charge in [-0.1, -0.05) is 17.8 Å². The molecule has 0 fully saturated rings. The predicted molar refractivity (Wildman–Crippen MR) is 76.4 cm³/mol. The van der Waals surface area contributed by atoms with Crippen molar-refractivity contribution < 1.29 is 0 Å². The first kappa shape index (κ1) is 11.6. The summed E-state index contributed by atoms with van der Waals surface area (Å²) in [4.78, 5) is 6.78. The Hall–Kier alpha value is -1.48. The van der Waals surface area contributed by atoms with Crippen LogP contribution < -0.4 is 5.32 Å². The van der Waals surface area contributed by atoms with Gasteiger partial charge in [-0.3, -0.25) is 0 Å². The molecule has 0 saturated heterocycles. The zero-order chi connectivity index (χ0) is 12.4. The Labute approximate surface area is 112 Å². The van der Waals surface area contributed by atoms with E-state index in [1.165, 1.54) is 40.2 Å². The molecule has 1 aliphatic rings. The third-order valence-electron chi connectivity index (χ3n) is 3.29. The summed E-state index contributed by atoms with van der Waals surface area (Å²) in [6, 6.07) is 11.0. The molecule has 0 unspecified atom stereocenters. The Morgan fingerprint density at radius 2 is 1.89 bits per heavy atom. The number of anilines is 1. The minimum atomic E-state index is 0.918. The van der Waals surface area contributed by atoms with Crippen LogP contribution in [0.4, 0.5) is 5.82 Å². The lowest BCUT2D eigenvalue weighted by molar-refractivity contribution is 0.911. The average molecular weight is 256 g/mol. The molecule has 0 bridgehead atoms. The maximum Gasteiger partial charge on any atom is 0.126 e. The van der Waals surface area contributed by atoms with Crippen molar-refractivity contribution >= 4 is 17.6 Å². The van der Waals surface area contributed by atoms with E-state index < -0.39 is 0 Å². The molecule has 2 aromatic rings. The lowest BCUT2D eigenvalue weighted by Crippen LogP contribution is -1.91. The second-order valence-corrected chi connectivity index (χ2v) is 5.66. The monoisotopic (exact) mass is 256 g/mol. The lowest BCUT2D eigenvalue weighted by atomic mass is 10.1. The van der Waals surface area contributed by atoms with E-state index in [0.29, 0.717) is 0 Å². The van der Waals surface area contributed by atoms with Crippen LogP contribution in [0.3, 0.4) is 0 Å². The summed E-state index contributed by atoms with van der Waals surface area (Å²) in [6.07, 6.45) is 5.64. The van der Waals surface area contributed by atoms with Crippen molar-refractivity contribution in [2.75, 3.05) is 12.4 Å². The molecule has 92 valence electrons. The maximum atomic E-state index is 4.23. The van der Waals surface area contributed by atoms with E-state index in [0.717, 1.165) is 5.82 Å². The van der Waals surface area contributed by atoms with E-state index in [4.69, 9.17) is 0 Å². The summed E-state index contributed by atoms with van der Waals surface area (Å²) >= 11 is 1.80. The van der Waals surface area contributed by atoms with Crippen LogP contribution in [-0.4, -0.2) is 12.0 Å². The largest absolute Gasteiger partial charge is 0.373 e. The molecule has 0 saturated carbocycles. The van der Waals surface area contributed by atoms with Crippen LogP contribution in [0, 0.1) is 0 Å². The zero-order valence-electron chi connectivity index (χ0n) is 10.4. The normalized spacial score (nSPS) is 13.4. The van der Waals surface area contributed by atoms with E-state index in [1.54, 1.807) is 11.8 Å². The molecule has 3 rings (SSSR count). The maximum absolute atomic E-state index is 4.23. The number of pyridine rings is 1. The van der Waals surface area contributed by atoms with Crippen LogP contribution in [0.5, 0.6) is 0 Å². The Morgan fingerprint density at radius 3 is 2.78 bits per heavy atom. The minimum Gasteiger partial charge on any atom is -0.373 e. The minimum absolute atomic E-state index is 0.918. The van der Waals surface area contributed by atoms with Crippen LogP contribution in [0.1, 0.15) is 17.5 Å². The van der Waals surface area contributed by atoms with Crippen molar-refractivity contribution in [3.05, 3.63) is 47.7 Å². The fourth-order valence-electron chi connectivity index (χ4n) is 2.36. The second kappa shape index (κ2) is 5.02. The highest BCUT2D eigenvalue weighted by atomic mass is 32.2. The molecule has 3 heteroatoms. The van der Waals surface area contributed by atoms with E-state index in [1.807, 2.05) is 13.2 Å². The topological polar surface area (TPSA) is 24.9 Å². The first-order valence-electron chi connectivity index (χ1n) is 6.28. The Balaban J connectivity index is 1.83. The highest BCUT2D eigenvalue weighted by Crippen LogP contribution is 2.32. The number of hydrogen-bond acceptors (Lipinski definition) is 3. The molecule has 18 heavy (non-hydrogen) atoms. The van der Waals surface area contributed by atoms with E-state index >= 15 is 0 Å². The summed E-state index contributed by atoms with van der Waals surface area (Å²) in [5.41, 5.74) is 3.06. The lowest BCUT2D eigenvalue weighted by Gasteiger charge is -2.06. The van der Waals surface area contributed by atoms with Crippen LogP contribution in [-0.2, 0) is 12.8 Å². The van der Waals surface area contributed by atoms with Gasteiger partial charge in [0.05, 0.1) is 0 Å². The third kappa shape index (κ3) is 2.36. The standard InChI is InChI=1S/C15H16N2S/c1-16-15-10-14(7-8-17-15)18-13-6-5-11-3-2-4-12(11)9-13/h5-10H,2-4H2,1H3,(H,16,17). The molecular formula is C15H16N2S. The van der Waals surface area contributed by atoms with E-state index in [2.05, 4.69) is 40.6 Å². The summed E-state index contributed by atoms with van der Waals surface area (Å²) in [5, 5.41) is 3.07. The van der Waals surface area contributed by atoms with Gasteiger partial charge >= 0.3 is 0 Å². The van der Waals surface area contributed by atoms with Gasteiger partial charge in [-0.05, 0) is 54.7 Å². The molecule has 2 nitrogen and oxygen atoms in total. The van der Waals surface area contributed by atoms with Gasteiger partial charge in [-0.25, -0.2) is 4.98 Å². The molecule has 0 radical (unpaired) electrons. The van der Waals surface area contributed by atoms with Crippen molar-refractivity contribution in [1.29, 1.82) is 0 Å². The molecule has 0 atom stereocenters. The van der Waals surface area contributed by atoms with Gasteiger partial charge in [0.1, 0.15) is 5.82 Å². The number of aryl methyl sites for hydroxylation is 2. The SMILES string of the molecule is CNc1cc(Sc2ccc3c(c2)CCC3)ccn1. The molecule has 1 N–H and O–H groups in total. The van der Waals surface area contributed by atoms with Gasteiger partial charge in [0.25, 0.3) is 0 Å². The van der Waals surface area contributed by atoms with Gasteiger partial charge in [-0.2, -0.15) is 0 Å². The molecule has 0 spiro atoms. The summed E-state index contributed by atoms with van der Waals surface area (Å²) in [6.45, 7) is 0. The number of hydrogen-bond donors (Lipinski definition) is 1. The molecular weight excluding hydrogens is 240 g/mol. The molecule has 0 amide bonds. The van der Waals surface area contributed by atoms with Crippen molar-refractivity contribution in [3.63, 3.8) is 0 Å². The van der Waals surface area contributed by atoms with Crippen molar-refractivity contribution in [1.82, 2.24) is 4.98 Å². The first-order chi connectivity index (χ1) is 8.85. The first-order valence-corrected chi connectivity index (χ1v) is 7.10. The number of aromatic nitrogens is 1. The predicted octanol–water partition coefficient (Wildman–Crippen LogP) is 3.76. The van der Waals surface area contributed by atoms with Crippen LogP contribution in [0.25, 0.3) is 0 Å². The number of rotatable bonds is 3. The van der Waals surface area contributed by atoms with E-state index in [9.17, 15) is 0 Å². The highest BCUT2D eigenvalue weighted by Gasteiger charge is 2.11. The van der Waals surface area contributed by atoms with Crippen molar-refractivity contribution in [3.8, 4) is 0 Å². The van der Waals surface area contributed by atoms with Gasteiger partial charge in [0.2, 0.25) is 0 Å². The smallest absolute Gasteiger partial charge is 0.126 e. The Morgan fingerprint density at radius 1 is 1.06 bits per heavy atom. The molecule has 1 aliphatic carbocycles. The van der Waals surface area contributed by atoms with Crippen LogP contribution in [0.2, 0.25) is 0 Å². The summed E-state index contributed by atoms with van der Waals surface area (Å²) < 4.78 is 0. The molecule has 0 aliphatic heterocycles. The Kier molecular flexibility index (Phi) is 3.24. The van der Waals surface area contributed by atoms with E-state index in [-0.39, 0.29) is 0 Å². The van der Waals surface area contributed by atoms with Crippen molar-refractivity contribution in [2.45, 2.75) is 29.1 Å². The summed E-state index contributed by atoms with van der Waals surface area (Å²) in [5.74, 6) is 0.918. The number of nitrogens with zero attached hydrogens (tertiary/aromatic N) is 1. The number of benzene rings is 1. The third-order valence-corrected chi connectivity index (χ3v) is 4.27. The molecule has 1 heterocycles. The average Bonchev–Trinajstić information content (AvgIpc) is 2.86. The zero-order valence-corrected chi connectivity index (χ0v) is 11.3. The highest BCUT2D eigenvalue weighted by molar-refractivity contribution is 7.99. The fourth-order valence-corrected chi connectivity index (χ4v) is 3.27. The van der Waals surface area contributed by atoms with Gasteiger partial charge in [0.15, 0.2) is 0 Å². The Bertz CT molecular complexity index is 566. The molecule has 1 aromatic carbocycles. The quantitative estimate of drug-likeness (QED) is 0.905. The van der Waals surface area contributed by atoms with Gasteiger partial charge in [0, 0.05) is 23.0 Å². The number of nitrogens with one attached hydrogen (secondary N) is 1. The second-order valence-electron chi connectivity index (χ2n) is 4.51. The fraction of sp³-hybridized carbons (Fsp3) is 0.267. The molecule has 1 aromatic heterocycles. The van der Waals surface area contributed by atoms with Crippen LogP contribution in [0.15, 0.2) is 46.3 Å². The summed E-state index contributed by atoms with van der Waals surface area (Å²) in [7, 11) is 1.90.